The molecule has 1 aliphatic carbocycles. The van der Waals surface area contributed by atoms with Gasteiger partial charge in [0.1, 0.15) is 0 Å². The molecule has 0 spiro atoms. The highest BCUT2D eigenvalue weighted by atomic mass is 32.2. The van der Waals surface area contributed by atoms with Gasteiger partial charge in [-0.3, -0.25) is 14.3 Å². The standard InChI is InChI=1S/C17H17F3N2O4S/c1-9-11(12-7-21-22(2)16(24)14(12)23)5-6-13(17(18,19)20)15(9)27(25,26)8-10-3-4-10/h5-7,10,21H,3-4,8H2,1-2H3. The third-order valence-corrected chi connectivity index (χ3v) is 6.67. The summed E-state index contributed by atoms with van der Waals surface area (Å²) in [6.07, 6.45) is -2.37. The summed E-state index contributed by atoms with van der Waals surface area (Å²) in [4.78, 5) is 23.3. The van der Waals surface area contributed by atoms with Gasteiger partial charge in [-0.25, -0.2) is 8.42 Å². The number of sulfone groups is 1. The van der Waals surface area contributed by atoms with Gasteiger partial charge >= 0.3 is 11.7 Å². The van der Waals surface area contributed by atoms with E-state index in [0.29, 0.717) is 18.9 Å². The number of benzene rings is 1. The number of aryl methyl sites for hydroxylation is 1. The van der Waals surface area contributed by atoms with Crippen LogP contribution in [0, 0.1) is 12.8 Å². The molecule has 1 heterocycles. The van der Waals surface area contributed by atoms with Crippen LogP contribution in [0.1, 0.15) is 24.0 Å². The van der Waals surface area contributed by atoms with Crippen molar-refractivity contribution < 1.29 is 21.6 Å². The molecular formula is C17H17F3N2O4S. The van der Waals surface area contributed by atoms with E-state index in [1.807, 2.05) is 0 Å². The van der Waals surface area contributed by atoms with Crippen LogP contribution < -0.4 is 11.0 Å². The first kappa shape index (κ1) is 19.4. The number of H-pyrrole nitrogens is 1. The second kappa shape index (κ2) is 6.36. The fourth-order valence-electron chi connectivity index (χ4n) is 3.04. The predicted octanol–water partition coefficient (Wildman–Crippen LogP) is 2.25. The van der Waals surface area contributed by atoms with Crippen LogP contribution in [-0.4, -0.2) is 24.0 Å². The number of nitrogens with zero attached hydrogens (tertiary/aromatic N) is 1. The molecule has 2 aromatic rings. The SMILES string of the molecule is Cc1c(-c2c[nH]n(C)c(=O)c2=O)ccc(C(F)(F)F)c1S(=O)(=O)CC1CC1. The van der Waals surface area contributed by atoms with Crippen LogP contribution in [0.25, 0.3) is 11.1 Å². The molecular weight excluding hydrogens is 385 g/mol. The van der Waals surface area contributed by atoms with Crippen LogP contribution in [0.5, 0.6) is 0 Å². The van der Waals surface area contributed by atoms with E-state index in [-0.39, 0.29) is 28.4 Å². The number of hydrogen-bond donors (Lipinski definition) is 1. The van der Waals surface area contributed by atoms with E-state index >= 15 is 0 Å². The molecule has 1 fully saturated rings. The van der Waals surface area contributed by atoms with Crippen LogP contribution in [-0.2, 0) is 23.1 Å². The monoisotopic (exact) mass is 402 g/mol. The highest BCUT2D eigenvalue weighted by Gasteiger charge is 2.40. The fraction of sp³-hybridized carbons (Fsp3) is 0.412. The minimum absolute atomic E-state index is 0.0173. The van der Waals surface area contributed by atoms with Crippen molar-refractivity contribution >= 4 is 9.84 Å². The first-order valence-corrected chi connectivity index (χ1v) is 9.81. The summed E-state index contributed by atoms with van der Waals surface area (Å²) >= 11 is 0. The predicted molar refractivity (Wildman–Crippen MR) is 92.3 cm³/mol. The Bertz CT molecular complexity index is 1130. The lowest BCUT2D eigenvalue weighted by molar-refractivity contribution is -0.139. The van der Waals surface area contributed by atoms with Gasteiger partial charge in [-0.15, -0.1) is 0 Å². The van der Waals surface area contributed by atoms with Crippen molar-refractivity contribution in [1.82, 2.24) is 9.78 Å². The maximum atomic E-state index is 13.5. The van der Waals surface area contributed by atoms with Gasteiger partial charge in [0.2, 0.25) is 0 Å². The number of nitrogens with one attached hydrogen (secondary N) is 1. The largest absolute Gasteiger partial charge is 0.417 e. The maximum Gasteiger partial charge on any atom is 0.417 e. The molecule has 0 aliphatic heterocycles. The van der Waals surface area contributed by atoms with Gasteiger partial charge in [0.25, 0.3) is 5.43 Å². The fourth-order valence-corrected chi connectivity index (χ4v) is 5.25. The van der Waals surface area contributed by atoms with Crippen molar-refractivity contribution in [3.8, 4) is 11.1 Å². The number of aromatic amines is 1. The smallest absolute Gasteiger partial charge is 0.302 e. The molecule has 6 nitrogen and oxygen atoms in total. The Kier molecular flexibility index (Phi) is 4.57. The molecule has 1 aliphatic rings. The Balaban J connectivity index is 2.31. The second-order valence-electron chi connectivity index (χ2n) is 6.72. The molecule has 1 N–H and O–H groups in total. The summed E-state index contributed by atoms with van der Waals surface area (Å²) in [5.41, 5.74) is -3.46. The number of hydrogen-bond acceptors (Lipinski definition) is 4. The minimum atomic E-state index is -4.87. The summed E-state index contributed by atoms with van der Waals surface area (Å²) < 4.78 is 66.7. The van der Waals surface area contributed by atoms with Crippen molar-refractivity contribution in [3.63, 3.8) is 0 Å². The second-order valence-corrected chi connectivity index (χ2v) is 8.69. The van der Waals surface area contributed by atoms with Crippen LogP contribution in [0.15, 0.2) is 32.8 Å². The maximum absolute atomic E-state index is 13.5. The van der Waals surface area contributed by atoms with E-state index in [2.05, 4.69) is 5.10 Å². The lowest BCUT2D eigenvalue weighted by Crippen LogP contribution is -2.35. The van der Waals surface area contributed by atoms with Crippen molar-refractivity contribution in [2.75, 3.05) is 5.75 Å². The summed E-state index contributed by atoms with van der Waals surface area (Å²) in [5.74, 6) is -0.514. The summed E-state index contributed by atoms with van der Waals surface area (Å²) in [5, 5.41) is 2.51. The molecule has 1 saturated carbocycles. The first-order valence-electron chi connectivity index (χ1n) is 8.16. The molecule has 0 atom stereocenters. The van der Waals surface area contributed by atoms with Gasteiger partial charge in [0.05, 0.1) is 21.8 Å². The molecule has 27 heavy (non-hydrogen) atoms. The van der Waals surface area contributed by atoms with E-state index < -0.39 is 37.5 Å². The van der Waals surface area contributed by atoms with Crippen molar-refractivity contribution in [2.24, 2.45) is 13.0 Å². The van der Waals surface area contributed by atoms with Gasteiger partial charge in [-0.1, -0.05) is 6.07 Å². The molecule has 3 rings (SSSR count). The third kappa shape index (κ3) is 3.58. The number of halogens is 3. The lowest BCUT2D eigenvalue weighted by atomic mass is 9.99. The molecule has 0 unspecified atom stereocenters. The zero-order valence-corrected chi connectivity index (χ0v) is 15.4. The average molecular weight is 402 g/mol. The summed E-state index contributed by atoms with van der Waals surface area (Å²) in [6.45, 7) is 1.22. The average Bonchev–Trinajstić information content (AvgIpc) is 3.35. The molecule has 10 heteroatoms. The molecule has 1 aromatic heterocycles. The molecule has 0 radical (unpaired) electrons. The van der Waals surface area contributed by atoms with E-state index in [1.165, 1.54) is 20.2 Å². The number of rotatable bonds is 4. The van der Waals surface area contributed by atoms with Crippen LogP contribution in [0.3, 0.4) is 0 Å². The van der Waals surface area contributed by atoms with Gasteiger partial charge < -0.3 is 5.10 Å². The molecule has 1 aromatic carbocycles. The molecule has 0 amide bonds. The van der Waals surface area contributed by atoms with Gasteiger partial charge in [0, 0.05) is 13.2 Å². The Morgan fingerprint density at radius 2 is 1.81 bits per heavy atom. The molecule has 0 saturated heterocycles. The highest BCUT2D eigenvalue weighted by Crippen LogP contribution is 2.41. The number of alkyl halides is 3. The Labute approximate surface area is 152 Å². The van der Waals surface area contributed by atoms with Crippen LogP contribution in [0.4, 0.5) is 13.2 Å². The van der Waals surface area contributed by atoms with Crippen LogP contribution in [0.2, 0.25) is 0 Å². The summed E-state index contributed by atoms with van der Waals surface area (Å²) in [6, 6.07) is 1.68. The van der Waals surface area contributed by atoms with Gasteiger partial charge in [0.15, 0.2) is 9.84 Å². The third-order valence-electron chi connectivity index (χ3n) is 4.61. The normalized spacial score (nSPS) is 15.1. The van der Waals surface area contributed by atoms with E-state index in [9.17, 15) is 31.2 Å². The number of aromatic nitrogens is 2. The quantitative estimate of drug-likeness (QED) is 0.795. The zero-order chi connectivity index (χ0) is 20.1. The summed E-state index contributed by atoms with van der Waals surface area (Å²) in [7, 11) is -2.90. The Morgan fingerprint density at radius 1 is 1.19 bits per heavy atom. The highest BCUT2D eigenvalue weighted by molar-refractivity contribution is 7.91. The molecule has 146 valence electrons. The van der Waals surface area contributed by atoms with E-state index in [0.717, 1.165) is 10.7 Å². The van der Waals surface area contributed by atoms with Crippen molar-refractivity contribution in [1.29, 1.82) is 0 Å². The first-order chi connectivity index (χ1) is 12.4. The van der Waals surface area contributed by atoms with E-state index in [4.69, 9.17) is 0 Å². The van der Waals surface area contributed by atoms with Gasteiger partial charge in [-0.05, 0) is 42.9 Å². The van der Waals surface area contributed by atoms with E-state index in [1.54, 1.807) is 0 Å². The zero-order valence-electron chi connectivity index (χ0n) is 14.6. The topological polar surface area (TPSA) is 89.0 Å². The lowest BCUT2D eigenvalue weighted by Gasteiger charge is -2.18. The minimum Gasteiger partial charge on any atom is -0.302 e. The van der Waals surface area contributed by atoms with Crippen molar-refractivity contribution in [2.45, 2.75) is 30.8 Å². The van der Waals surface area contributed by atoms with Gasteiger partial charge in [-0.2, -0.15) is 13.2 Å². The Hall–Kier alpha value is -2.36. The van der Waals surface area contributed by atoms with Crippen LogP contribution >= 0.6 is 0 Å². The Morgan fingerprint density at radius 3 is 2.37 bits per heavy atom. The molecule has 0 bridgehead atoms. The van der Waals surface area contributed by atoms with Crippen molar-refractivity contribution in [3.05, 3.63) is 50.0 Å².